The van der Waals surface area contributed by atoms with Crippen molar-refractivity contribution in [1.82, 2.24) is 15.2 Å². The number of benzene rings is 4. The summed E-state index contributed by atoms with van der Waals surface area (Å²) in [5.41, 5.74) is 4.04. The number of anilines is 2. The van der Waals surface area contributed by atoms with Gasteiger partial charge in [-0.3, -0.25) is 29.1 Å². The molecule has 3 amide bonds. The first-order valence-corrected chi connectivity index (χ1v) is 24.3. The molecule has 2 N–H and O–H groups in total. The average Bonchev–Trinajstić information content (AvgIpc) is 4.04. The SMILES string of the molecule is CC(C)(C)[C@H](NC(=O)COCCCCOc1ccc(-c2ccc(N3C(=S)N(c4ccc(C#N)c(Cl)c4)C(=O)C3(C)C)c(F)c2)cc1)C(=O)N1C[C@H](O)C[C@H]1C(=O)CCc1ccc(-c2cncs2)cc1. The van der Waals surface area contributed by atoms with Crippen LogP contribution in [0.3, 0.4) is 0 Å². The van der Waals surface area contributed by atoms with Crippen LogP contribution in [0.2, 0.25) is 5.02 Å². The Kier molecular flexibility index (Phi) is 16.0. The third-order valence-electron chi connectivity index (χ3n) is 12.2. The van der Waals surface area contributed by atoms with E-state index >= 15 is 4.39 Å². The van der Waals surface area contributed by atoms with Gasteiger partial charge in [0.15, 0.2) is 10.9 Å². The maximum atomic E-state index is 15.9. The first-order valence-electron chi connectivity index (χ1n) is 22.6. The van der Waals surface area contributed by atoms with Gasteiger partial charge >= 0.3 is 0 Å². The highest BCUT2D eigenvalue weighted by atomic mass is 35.5. The number of likely N-dealkylation sites (tertiary alicyclic amines) is 1. The Labute approximate surface area is 415 Å². The Hall–Kier alpha value is -6.09. The lowest BCUT2D eigenvalue weighted by molar-refractivity contribution is -0.144. The molecule has 4 aromatic carbocycles. The molecule has 2 fully saturated rings. The highest BCUT2D eigenvalue weighted by Crippen LogP contribution is 2.40. The average molecular weight is 994 g/mol. The molecule has 17 heteroatoms. The van der Waals surface area contributed by atoms with Crippen LogP contribution in [-0.4, -0.2) is 93.7 Å². The van der Waals surface area contributed by atoms with Gasteiger partial charge in [0.1, 0.15) is 35.8 Å². The van der Waals surface area contributed by atoms with Crippen LogP contribution in [0, 0.1) is 22.6 Å². The molecule has 5 aromatic rings. The smallest absolute Gasteiger partial charge is 0.259 e. The van der Waals surface area contributed by atoms with E-state index in [0.717, 1.165) is 21.6 Å². The number of ketones is 1. The van der Waals surface area contributed by atoms with Gasteiger partial charge in [0.05, 0.1) is 51.1 Å². The number of β-amino-alcohol motifs (C(OH)–C–C–N with tert-alkyl or cyclic N) is 1. The number of nitriles is 1. The summed E-state index contributed by atoms with van der Waals surface area (Å²) in [7, 11) is 0. The van der Waals surface area contributed by atoms with Gasteiger partial charge in [-0.05, 0) is 115 Å². The fraction of sp³-hybridized carbons (Fsp3) is 0.365. The van der Waals surface area contributed by atoms with E-state index < -0.39 is 46.8 Å². The second-order valence-electron chi connectivity index (χ2n) is 18.7. The standard InChI is InChI=1S/C52H54ClFN6O7S2/c1-51(2,3)47(48(64)58-29-38(61)26-43(58)44(62)21-10-32-8-11-34(12-9-32)45-28-56-31-69-45)57-46(63)30-66-22-6-7-23-67-39-18-14-33(15-19-39)35-16-20-42(41(54)24-35)60-50(68)59(49(65)52(60,4)5)37-17-13-36(27-55)40(53)25-37/h8-9,11-20,24-25,28,31,38,43,47,61H,6-7,10,21-23,26,29-30H2,1-5H3,(H,57,63)/t38-,43+,47-/m1/s1. The van der Waals surface area contributed by atoms with Crippen molar-refractivity contribution in [3.8, 4) is 33.4 Å². The molecule has 0 bridgehead atoms. The molecular weight excluding hydrogens is 939 g/mol. The highest BCUT2D eigenvalue weighted by molar-refractivity contribution is 7.81. The fourth-order valence-electron chi connectivity index (χ4n) is 8.44. The van der Waals surface area contributed by atoms with Gasteiger partial charge in [0.25, 0.3) is 5.91 Å². The van der Waals surface area contributed by atoms with Crippen LogP contribution >= 0.6 is 35.2 Å². The van der Waals surface area contributed by atoms with Crippen molar-refractivity contribution in [3.05, 3.63) is 119 Å². The third-order valence-corrected chi connectivity index (χ3v) is 13.7. The van der Waals surface area contributed by atoms with Crippen molar-refractivity contribution < 1.29 is 38.1 Å². The molecule has 0 unspecified atom stereocenters. The number of aliphatic hydroxyl groups excluding tert-OH is 1. The normalized spacial score (nSPS) is 17.2. The fourth-order valence-corrected chi connectivity index (χ4v) is 9.80. The number of amides is 3. The Morgan fingerprint density at radius 3 is 2.36 bits per heavy atom. The summed E-state index contributed by atoms with van der Waals surface area (Å²) in [6.07, 6.45) is 3.06. The van der Waals surface area contributed by atoms with Crippen LogP contribution in [0.5, 0.6) is 5.75 Å². The van der Waals surface area contributed by atoms with Crippen molar-refractivity contribution in [3.63, 3.8) is 0 Å². The number of aromatic nitrogens is 1. The van der Waals surface area contributed by atoms with Crippen LogP contribution in [0.1, 0.15) is 71.4 Å². The summed E-state index contributed by atoms with van der Waals surface area (Å²) >= 11 is 13.5. The van der Waals surface area contributed by atoms with E-state index in [2.05, 4.69) is 10.3 Å². The first kappa shape index (κ1) is 50.8. The van der Waals surface area contributed by atoms with Gasteiger partial charge in [-0.1, -0.05) is 74.8 Å². The summed E-state index contributed by atoms with van der Waals surface area (Å²) < 4.78 is 27.5. The number of Topliss-reactive ketones (excluding diaryl/α,β-unsaturated/α-hetero) is 1. The van der Waals surface area contributed by atoms with Crippen molar-refractivity contribution >= 4 is 75.1 Å². The van der Waals surface area contributed by atoms with Crippen molar-refractivity contribution in [2.75, 3.05) is 36.2 Å². The topological polar surface area (TPSA) is 165 Å². The summed E-state index contributed by atoms with van der Waals surface area (Å²) in [6, 6.07) is 24.8. The predicted octanol–water partition coefficient (Wildman–Crippen LogP) is 8.93. The highest BCUT2D eigenvalue weighted by Gasteiger charge is 2.51. The second kappa shape index (κ2) is 21.7. The third kappa shape index (κ3) is 11.7. The molecule has 3 heterocycles. The number of thiazole rings is 1. The lowest BCUT2D eigenvalue weighted by Gasteiger charge is -2.35. The Balaban J connectivity index is 0.842. The molecule has 1 aromatic heterocycles. The van der Waals surface area contributed by atoms with E-state index in [1.54, 1.807) is 61.0 Å². The van der Waals surface area contributed by atoms with Gasteiger partial charge < -0.3 is 29.7 Å². The number of nitrogens with zero attached hydrogens (tertiary/aromatic N) is 5. The molecule has 3 atom stereocenters. The maximum absolute atomic E-state index is 15.9. The number of carbonyl (C=O) groups is 4. The predicted molar refractivity (Wildman–Crippen MR) is 269 cm³/mol. The largest absolute Gasteiger partial charge is 0.494 e. The number of carbonyl (C=O) groups excluding carboxylic acids is 4. The van der Waals surface area contributed by atoms with E-state index in [1.165, 1.54) is 32.9 Å². The number of ether oxygens (including phenoxy) is 2. The molecule has 2 aliphatic rings. The summed E-state index contributed by atoms with van der Waals surface area (Å²) in [5, 5.41) is 22.9. The number of halogens is 2. The molecule has 0 spiro atoms. The Morgan fingerprint density at radius 2 is 1.71 bits per heavy atom. The lowest BCUT2D eigenvalue weighted by atomic mass is 9.85. The number of nitrogens with one attached hydrogen (secondary N) is 1. The molecule has 0 saturated carbocycles. The van der Waals surface area contributed by atoms with Crippen molar-refractivity contribution in [2.45, 2.75) is 90.4 Å². The molecule has 0 radical (unpaired) electrons. The molecule has 7 rings (SSSR count). The zero-order chi connectivity index (χ0) is 49.6. The molecule has 2 saturated heterocycles. The number of unbranched alkanes of at least 4 members (excludes halogenated alkanes) is 1. The van der Waals surface area contributed by atoms with Crippen LogP contribution in [0.25, 0.3) is 21.6 Å². The molecule has 69 heavy (non-hydrogen) atoms. The zero-order valence-corrected chi connectivity index (χ0v) is 41.4. The minimum absolute atomic E-state index is 0.0107. The van der Waals surface area contributed by atoms with Gasteiger partial charge in [0.2, 0.25) is 11.8 Å². The number of hydrogen-bond acceptors (Lipinski definition) is 11. The lowest BCUT2D eigenvalue weighted by Crippen LogP contribution is -2.57. The van der Waals surface area contributed by atoms with Gasteiger partial charge in [-0.15, -0.1) is 11.3 Å². The van der Waals surface area contributed by atoms with Crippen molar-refractivity contribution in [2.24, 2.45) is 5.41 Å². The van der Waals surface area contributed by atoms with Gasteiger partial charge in [0, 0.05) is 32.2 Å². The first-order chi connectivity index (χ1) is 32.9. The Morgan fingerprint density at radius 1 is 1.01 bits per heavy atom. The maximum Gasteiger partial charge on any atom is 0.259 e. The van der Waals surface area contributed by atoms with Crippen LogP contribution in [-0.2, 0) is 30.3 Å². The second-order valence-corrected chi connectivity index (χ2v) is 20.3. The number of hydrogen-bond donors (Lipinski definition) is 2. The van der Waals surface area contributed by atoms with Gasteiger partial charge in [-0.2, -0.15) is 5.26 Å². The summed E-state index contributed by atoms with van der Waals surface area (Å²) in [5.74, 6) is -1.33. The monoisotopic (exact) mass is 992 g/mol. The zero-order valence-electron chi connectivity index (χ0n) is 39.0. The molecule has 2 aliphatic heterocycles. The molecule has 0 aliphatic carbocycles. The number of aliphatic hydroxyl groups is 1. The van der Waals surface area contributed by atoms with E-state index in [-0.39, 0.29) is 65.7 Å². The van der Waals surface area contributed by atoms with Crippen LogP contribution < -0.4 is 19.9 Å². The van der Waals surface area contributed by atoms with E-state index in [0.29, 0.717) is 42.9 Å². The summed E-state index contributed by atoms with van der Waals surface area (Å²) in [6.45, 7) is 9.26. The van der Waals surface area contributed by atoms with E-state index in [9.17, 15) is 29.5 Å². The minimum Gasteiger partial charge on any atom is -0.494 e. The number of aryl methyl sites for hydroxylation is 1. The molecule has 13 nitrogen and oxygen atoms in total. The Bertz CT molecular complexity index is 2740. The van der Waals surface area contributed by atoms with E-state index in [4.69, 9.17) is 33.3 Å². The van der Waals surface area contributed by atoms with Crippen LogP contribution in [0.15, 0.2) is 96.6 Å². The number of thiocarbonyl (C=S) groups is 1. The van der Waals surface area contributed by atoms with Crippen LogP contribution in [0.4, 0.5) is 15.8 Å². The van der Waals surface area contributed by atoms with E-state index in [1.807, 2.05) is 69.4 Å². The molecular formula is C52H54ClFN6O7S2. The summed E-state index contributed by atoms with van der Waals surface area (Å²) in [4.78, 5) is 63.6. The minimum atomic E-state index is -1.22. The number of rotatable bonds is 18. The molecule has 360 valence electrons. The van der Waals surface area contributed by atoms with Gasteiger partial charge in [-0.25, -0.2) is 4.39 Å². The van der Waals surface area contributed by atoms with Crippen molar-refractivity contribution in [1.29, 1.82) is 5.26 Å². The quantitative estimate of drug-likeness (QED) is 0.0636.